The van der Waals surface area contributed by atoms with E-state index in [9.17, 15) is 4.39 Å². The van der Waals surface area contributed by atoms with E-state index in [0.717, 1.165) is 17.5 Å². The fraction of sp³-hybridized carbons (Fsp3) is 0.182. The minimum absolute atomic E-state index is 0.0969. The molecule has 0 saturated heterocycles. The van der Waals surface area contributed by atoms with E-state index in [1.807, 2.05) is 4.57 Å². The molecule has 0 aliphatic heterocycles. The third kappa shape index (κ3) is 1.90. The number of aromatic amines is 1. The van der Waals surface area contributed by atoms with Crippen molar-refractivity contribution in [3.63, 3.8) is 0 Å². The standard InChI is InChI=1S/C11H10ClFN2S/c1-2-3-4-15-10-6-8(13)7(12)5-9(10)14-11(15)16/h2,5-6H,1,3-4H2,(H,14,16). The quantitative estimate of drug-likeness (QED) is 0.649. The number of benzene rings is 1. The predicted molar refractivity (Wildman–Crippen MR) is 66.9 cm³/mol. The van der Waals surface area contributed by atoms with Crippen LogP contribution in [-0.2, 0) is 6.54 Å². The third-order valence-electron chi connectivity index (χ3n) is 2.37. The van der Waals surface area contributed by atoms with Crippen molar-refractivity contribution in [1.82, 2.24) is 9.55 Å². The maximum absolute atomic E-state index is 13.3. The van der Waals surface area contributed by atoms with E-state index in [4.69, 9.17) is 23.8 Å². The van der Waals surface area contributed by atoms with Crippen molar-refractivity contribution in [2.24, 2.45) is 0 Å². The fourth-order valence-electron chi connectivity index (χ4n) is 1.59. The summed E-state index contributed by atoms with van der Waals surface area (Å²) in [7, 11) is 0. The maximum Gasteiger partial charge on any atom is 0.178 e. The number of aromatic nitrogens is 2. The summed E-state index contributed by atoms with van der Waals surface area (Å²) in [6.07, 6.45) is 2.58. The third-order valence-corrected chi connectivity index (χ3v) is 2.99. The van der Waals surface area contributed by atoms with E-state index in [1.54, 1.807) is 12.1 Å². The van der Waals surface area contributed by atoms with Gasteiger partial charge < -0.3 is 9.55 Å². The first-order valence-electron chi connectivity index (χ1n) is 4.82. The zero-order valence-corrected chi connectivity index (χ0v) is 10.0. The number of halogens is 2. The van der Waals surface area contributed by atoms with Gasteiger partial charge in [0.25, 0.3) is 0 Å². The van der Waals surface area contributed by atoms with Crippen LogP contribution in [-0.4, -0.2) is 9.55 Å². The lowest BCUT2D eigenvalue weighted by molar-refractivity contribution is 0.628. The summed E-state index contributed by atoms with van der Waals surface area (Å²) in [6.45, 7) is 4.33. The van der Waals surface area contributed by atoms with Crippen LogP contribution in [0.5, 0.6) is 0 Å². The van der Waals surface area contributed by atoms with Crippen molar-refractivity contribution in [2.75, 3.05) is 0 Å². The van der Waals surface area contributed by atoms with Gasteiger partial charge in [0.2, 0.25) is 0 Å². The molecule has 0 spiro atoms. The average Bonchev–Trinajstić information content (AvgIpc) is 2.52. The summed E-state index contributed by atoms with van der Waals surface area (Å²) >= 11 is 10.9. The fourth-order valence-corrected chi connectivity index (χ4v) is 2.06. The molecule has 2 rings (SSSR count). The molecule has 5 heteroatoms. The number of H-pyrrole nitrogens is 1. The number of imidazole rings is 1. The van der Waals surface area contributed by atoms with Gasteiger partial charge in [0.05, 0.1) is 16.1 Å². The highest BCUT2D eigenvalue weighted by molar-refractivity contribution is 7.71. The Labute approximate surface area is 102 Å². The van der Waals surface area contributed by atoms with E-state index in [0.29, 0.717) is 11.3 Å². The smallest absolute Gasteiger partial charge is 0.178 e. The Kier molecular flexibility index (Phi) is 3.12. The molecule has 0 aliphatic carbocycles. The zero-order chi connectivity index (χ0) is 11.7. The lowest BCUT2D eigenvalue weighted by Gasteiger charge is -2.02. The Morgan fingerprint density at radius 3 is 3.00 bits per heavy atom. The molecule has 1 aromatic heterocycles. The van der Waals surface area contributed by atoms with Gasteiger partial charge in [-0.2, -0.15) is 0 Å². The van der Waals surface area contributed by atoms with Gasteiger partial charge in [-0.3, -0.25) is 0 Å². The second-order valence-electron chi connectivity index (χ2n) is 3.44. The first-order valence-corrected chi connectivity index (χ1v) is 5.60. The first kappa shape index (κ1) is 11.4. The van der Waals surface area contributed by atoms with Gasteiger partial charge in [0.15, 0.2) is 4.77 Å². The van der Waals surface area contributed by atoms with Crippen LogP contribution in [0, 0.1) is 10.6 Å². The molecule has 2 aromatic rings. The second kappa shape index (κ2) is 4.39. The predicted octanol–water partition coefficient (Wildman–Crippen LogP) is 4.07. The van der Waals surface area contributed by atoms with Crippen LogP contribution in [0.2, 0.25) is 5.02 Å². The van der Waals surface area contributed by atoms with E-state index < -0.39 is 5.82 Å². The molecule has 2 nitrogen and oxygen atoms in total. The molecule has 1 aromatic carbocycles. The normalized spacial score (nSPS) is 10.9. The molecule has 0 fully saturated rings. The molecule has 84 valence electrons. The van der Waals surface area contributed by atoms with Crippen LogP contribution in [0.1, 0.15) is 6.42 Å². The van der Waals surface area contributed by atoms with Crippen LogP contribution in [0.15, 0.2) is 24.8 Å². The monoisotopic (exact) mass is 256 g/mol. The number of allylic oxidation sites excluding steroid dienone is 1. The summed E-state index contributed by atoms with van der Waals surface area (Å²) in [4.78, 5) is 3.00. The molecule has 1 N–H and O–H groups in total. The van der Waals surface area contributed by atoms with E-state index >= 15 is 0 Å². The van der Waals surface area contributed by atoms with Crippen molar-refractivity contribution < 1.29 is 4.39 Å². The van der Waals surface area contributed by atoms with Gasteiger partial charge in [-0.25, -0.2) is 4.39 Å². The molecule has 0 bridgehead atoms. The largest absolute Gasteiger partial charge is 0.331 e. The molecule has 16 heavy (non-hydrogen) atoms. The van der Waals surface area contributed by atoms with Crippen molar-refractivity contribution in [3.05, 3.63) is 40.4 Å². The van der Waals surface area contributed by atoms with E-state index in [1.165, 1.54) is 6.07 Å². The highest BCUT2D eigenvalue weighted by Gasteiger charge is 2.08. The Morgan fingerprint density at radius 2 is 2.31 bits per heavy atom. The lowest BCUT2D eigenvalue weighted by atomic mass is 10.3. The van der Waals surface area contributed by atoms with Crippen LogP contribution in [0.3, 0.4) is 0 Å². The molecule has 0 unspecified atom stereocenters. The molecule has 1 heterocycles. The van der Waals surface area contributed by atoms with Crippen LogP contribution < -0.4 is 0 Å². The van der Waals surface area contributed by atoms with Crippen molar-refractivity contribution >= 4 is 34.9 Å². The van der Waals surface area contributed by atoms with Crippen molar-refractivity contribution in [3.8, 4) is 0 Å². The number of nitrogens with zero attached hydrogens (tertiary/aromatic N) is 1. The van der Waals surface area contributed by atoms with Crippen LogP contribution in [0.25, 0.3) is 11.0 Å². The summed E-state index contributed by atoms with van der Waals surface area (Å²) in [6, 6.07) is 2.94. The SMILES string of the molecule is C=CCCn1c(=S)[nH]c2cc(Cl)c(F)cc21. The molecule has 0 aliphatic rings. The summed E-state index contributed by atoms with van der Waals surface area (Å²) < 4.78 is 15.8. The van der Waals surface area contributed by atoms with Gasteiger partial charge in [-0.1, -0.05) is 17.7 Å². The highest BCUT2D eigenvalue weighted by Crippen LogP contribution is 2.22. The Balaban J connectivity index is 2.64. The molecule has 0 saturated carbocycles. The topological polar surface area (TPSA) is 20.7 Å². The Bertz CT molecular complexity index is 600. The summed E-state index contributed by atoms with van der Waals surface area (Å²) in [5.41, 5.74) is 1.48. The van der Waals surface area contributed by atoms with E-state index in [2.05, 4.69) is 11.6 Å². The maximum atomic E-state index is 13.3. The molecular formula is C11H10ClFN2S. The number of hydrogen-bond donors (Lipinski definition) is 1. The van der Waals surface area contributed by atoms with Gasteiger partial charge in [0, 0.05) is 12.6 Å². The van der Waals surface area contributed by atoms with Crippen molar-refractivity contribution in [2.45, 2.75) is 13.0 Å². The number of rotatable bonds is 3. The Morgan fingerprint density at radius 1 is 1.56 bits per heavy atom. The minimum Gasteiger partial charge on any atom is -0.331 e. The second-order valence-corrected chi connectivity index (χ2v) is 4.24. The molecule has 0 amide bonds. The highest BCUT2D eigenvalue weighted by atomic mass is 35.5. The average molecular weight is 257 g/mol. The number of hydrogen-bond acceptors (Lipinski definition) is 1. The summed E-state index contributed by atoms with van der Waals surface area (Å²) in [5, 5.41) is 0.0969. The van der Waals surface area contributed by atoms with Gasteiger partial charge in [-0.05, 0) is 24.7 Å². The summed E-state index contributed by atoms with van der Waals surface area (Å²) in [5.74, 6) is -0.435. The number of aryl methyl sites for hydroxylation is 1. The lowest BCUT2D eigenvalue weighted by Crippen LogP contribution is -1.96. The number of nitrogens with one attached hydrogen (secondary N) is 1. The first-order chi connectivity index (χ1) is 7.63. The zero-order valence-electron chi connectivity index (χ0n) is 8.46. The van der Waals surface area contributed by atoms with Crippen molar-refractivity contribution in [1.29, 1.82) is 0 Å². The van der Waals surface area contributed by atoms with Crippen LogP contribution in [0.4, 0.5) is 4.39 Å². The minimum atomic E-state index is -0.435. The van der Waals surface area contributed by atoms with Crippen LogP contribution >= 0.6 is 23.8 Å². The Hall–Kier alpha value is -1.13. The number of fused-ring (bicyclic) bond motifs is 1. The van der Waals surface area contributed by atoms with Gasteiger partial charge >= 0.3 is 0 Å². The molecular weight excluding hydrogens is 247 g/mol. The molecule has 0 radical (unpaired) electrons. The van der Waals surface area contributed by atoms with Gasteiger partial charge in [-0.15, -0.1) is 6.58 Å². The molecule has 0 atom stereocenters. The van der Waals surface area contributed by atoms with E-state index in [-0.39, 0.29) is 5.02 Å². The van der Waals surface area contributed by atoms with Gasteiger partial charge in [0.1, 0.15) is 5.82 Å².